The third-order valence-corrected chi connectivity index (χ3v) is 5.01. The Labute approximate surface area is 185 Å². The van der Waals surface area contributed by atoms with Crippen molar-refractivity contribution in [3.63, 3.8) is 0 Å². The van der Waals surface area contributed by atoms with Gasteiger partial charge in [-0.05, 0) is 30.2 Å². The number of hydrogen-bond donors (Lipinski definition) is 1. The number of nitrogens with zero attached hydrogens (tertiary/aromatic N) is 3. The van der Waals surface area contributed by atoms with E-state index in [1.165, 1.54) is 26.0 Å². The number of hydrogen-bond acceptors (Lipinski definition) is 4. The number of fused-ring (bicyclic) bond motifs is 1. The van der Waals surface area contributed by atoms with Gasteiger partial charge >= 0.3 is 6.18 Å². The molecule has 6 nitrogen and oxygen atoms in total. The number of anilines is 1. The minimum atomic E-state index is -4.75. The predicted octanol–water partition coefficient (Wildman–Crippen LogP) is 4.05. The zero-order chi connectivity index (χ0) is 24.7. The van der Waals surface area contributed by atoms with Gasteiger partial charge in [-0.3, -0.25) is 14.2 Å². The van der Waals surface area contributed by atoms with Crippen molar-refractivity contribution in [1.29, 1.82) is 0 Å². The molecule has 2 aromatic heterocycles. The van der Waals surface area contributed by atoms with Crippen LogP contribution in [0.15, 0.2) is 41.3 Å². The molecular weight excluding hydrogens is 447 g/mol. The van der Waals surface area contributed by atoms with E-state index < -0.39 is 46.7 Å². The van der Waals surface area contributed by atoms with Gasteiger partial charge in [-0.2, -0.15) is 13.2 Å². The van der Waals surface area contributed by atoms with E-state index in [9.17, 15) is 31.5 Å². The normalized spacial score (nSPS) is 12.8. The molecule has 3 aromatic rings. The van der Waals surface area contributed by atoms with Crippen molar-refractivity contribution >= 4 is 22.8 Å². The molecule has 176 valence electrons. The van der Waals surface area contributed by atoms with Crippen molar-refractivity contribution in [2.75, 3.05) is 19.0 Å². The summed E-state index contributed by atoms with van der Waals surface area (Å²) >= 11 is 0. The van der Waals surface area contributed by atoms with Crippen molar-refractivity contribution < 1.29 is 26.7 Å². The summed E-state index contributed by atoms with van der Waals surface area (Å²) in [7, 11) is 3.36. The zero-order valence-corrected chi connectivity index (χ0v) is 18.2. The molecule has 1 N–H and O–H groups in total. The summed E-state index contributed by atoms with van der Waals surface area (Å²) in [6.45, 7) is 2.55. The van der Waals surface area contributed by atoms with Gasteiger partial charge in [-0.1, -0.05) is 13.8 Å². The van der Waals surface area contributed by atoms with E-state index in [1.54, 1.807) is 19.0 Å². The summed E-state index contributed by atoms with van der Waals surface area (Å²) in [4.78, 5) is 31.7. The topological polar surface area (TPSA) is 67.2 Å². The minimum absolute atomic E-state index is 0.0514. The van der Waals surface area contributed by atoms with Crippen LogP contribution >= 0.6 is 0 Å². The van der Waals surface area contributed by atoms with Crippen LogP contribution in [0.3, 0.4) is 0 Å². The van der Waals surface area contributed by atoms with Crippen molar-refractivity contribution in [3.8, 4) is 5.69 Å². The maximum absolute atomic E-state index is 14.6. The SMILES string of the molecule is CC(C)[C@H](NC(=O)c1cn(-c2ccc(F)cc2F)c2nc(N(C)C)ccc2c1=O)C(F)(F)F. The first-order chi connectivity index (χ1) is 15.3. The lowest BCUT2D eigenvalue weighted by Crippen LogP contribution is -2.49. The third-order valence-electron chi connectivity index (χ3n) is 5.01. The Morgan fingerprint density at radius 3 is 2.33 bits per heavy atom. The molecule has 1 atom stereocenters. The van der Waals surface area contributed by atoms with E-state index >= 15 is 0 Å². The second-order valence-electron chi connectivity index (χ2n) is 8.01. The Morgan fingerprint density at radius 1 is 1.12 bits per heavy atom. The maximum atomic E-state index is 14.6. The van der Waals surface area contributed by atoms with Crippen LogP contribution in [-0.4, -0.2) is 41.8 Å². The number of pyridine rings is 2. The summed E-state index contributed by atoms with van der Waals surface area (Å²) < 4.78 is 69.2. The van der Waals surface area contributed by atoms with Crippen LogP contribution in [0.1, 0.15) is 24.2 Å². The standard InChI is InChI=1S/C22H21F5N4O2/c1-11(2)19(22(25,26)27)29-21(33)14-10-31(16-7-5-12(23)9-15(16)24)20-13(18(14)32)6-8-17(28-20)30(3)4/h5-11,19H,1-4H3,(H,29,33)/t19-/m0/s1. The van der Waals surface area contributed by atoms with Crippen LogP contribution in [-0.2, 0) is 0 Å². The van der Waals surface area contributed by atoms with Gasteiger partial charge in [-0.25, -0.2) is 13.8 Å². The molecule has 0 bridgehead atoms. The molecule has 11 heteroatoms. The van der Waals surface area contributed by atoms with Gasteiger partial charge in [0.25, 0.3) is 5.91 Å². The Bertz CT molecular complexity index is 1270. The molecular formula is C22H21F5N4O2. The van der Waals surface area contributed by atoms with Gasteiger partial charge < -0.3 is 10.2 Å². The van der Waals surface area contributed by atoms with Gasteiger partial charge in [-0.15, -0.1) is 0 Å². The second-order valence-corrected chi connectivity index (χ2v) is 8.01. The molecule has 0 fully saturated rings. The van der Waals surface area contributed by atoms with E-state index in [0.29, 0.717) is 11.9 Å². The fraction of sp³-hybridized carbons (Fsp3) is 0.318. The number of nitrogens with one attached hydrogen (secondary N) is 1. The number of carbonyl (C=O) groups excluding carboxylic acids is 1. The Hall–Kier alpha value is -3.50. The van der Waals surface area contributed by atoms with Crippen LogP contribution in [0.2, 0.25) is 0 Å². The highest BCUT2D eigenvalue weighted by Crippen LogP contribution is 2.26. The molecule has 3 rings (SSSR count). The maximum Gasteiger partial charge on any atom is 0.408 e. The van der Waals surface area contributed by atoms with E-state index in [2.05, 4.69) is 4.98 Å². The highest BCUT2D eigenvalue weighted by Gasteiger charge is 2.43. The number of amides is 1. The Morgan fingerprint density at radius 2 is 1.79 bits per heavy atom. The first-order valence-electron chi connectivity index (χ1n) is 9.88. The fourth-order valence-electron chi connectivity index (χ4n) is 3.31. The quantitative estimate of drug-likeness (QED) is 0.574. The summed E-state index contributed by atoms with van der Waals surface area (Å²) in [5, 5.41) is 1.73. The molecule has 0 spiro atoms. The largest absolute Gasteiger partial charge is 0.408 e. The van der Waals surface area contributed by atoms with Crippen LogP contribution in [0.5, 0.6) is 0 Å². The molecule has 1 aromatic carbocycles. The lowest BCUT2D eigenvalue weighted by Gasteiger charge is -2.25. The fourth-order valence-corrected chi connectivity index (χ4v) is 3.31. The lowest BCUT2D eigenvalue weighted by atomic mass is 10.0. The predicted molar refractivity (Wildman–Crippen MR) is 114 cm³/mol. The van der Waals surface area contributed by atoms with E-state index in [4.69, 9.17) is 0 Å². The second kappa shape index (κ2) is 8.80. The molecule has 0 unspecified atom stereocenters. The highest BCUT2D eigenvalue weighted by molar-refractivity contribution is 5.97. The molecule has 0 aliphatic carbocycles. The molecule has 0 radical (unpaired) electrons. The summed E-state index contributed by atoms with van der Waals surface area (Å²) in [5.41, 5.74) is -1.80. The summed E-state index contributed by atoms with van der Waals surface area (Å²) in [6.07, 6.45) is -3.83. The van der Waals surface area contributed by atoms with Crippen molar-refractivity contribution in [1.82, 2.24) is 14.9 Å². The minimum Gasteiger partial charge on any atom is -0.363 e. The average Bonchev–Trinajstić information content (AvgIpc) is 2.71. The van der Waals surface area contributed by atoms with Gasteiger partial charge in [0.05, 0.1) is 11.1 Å². The smallest absolute Gasteiger partial charge is 0.363 e. The Balaban J connectivity index is 2.27. The van der Waals surface area contributed by atoms with Crippen LogP contribution in [0, 0.1) is 17.6 Å². The average molecular weight is 468 g/mol. The third kappa shape index (κ3) is 4.81. The van der Waals surface area contributed by atoms with Gasteiger partial charge in [0, 0.05) is 26.4 Å². The van der Waals surface area contributed by atoms with Crippen LogP contribution in [0.4, 0.5) is 27.8 Å². The zero-order valence-electron chi connectivity index (χ0n) is 18.2. The van der Waals surface area contributed by atoms with Crippen LogP contribution in [0.25, 0.3) is 16.7 Å². The molecule has 0 saturated heterocycles. The van der Waals surface area contributed by atoms with Gasteiger partial charge in [0.2, 0.25) is 5.43 Å². The molecule has 1 amide bonds. The number of alkyl halides is 3. The van der Waals surface area contributed by atoms with E-state index in [0.717, 1.165) is 22.9 Å². The molecule has 2 heterocycles. The van der Waals surface area contributed by atoms with E-state index in [-0.39, 0.29) is 16.7 Å². The van der Waals surface area contributed by atoms with Crippen molar-refractivity contribution in [2.24, 2.45) is 5.92 Å². The first-order valence-corrected chi connectivity index (χ1v) is 9.88. The molecule has 0 saturated carbocycles. The molecule has 0 aliphatic heterocycles. The lowest BCUT2D eigenvalue weighted by molar-refractivity contribution is -0.162. The van der Waals surface area contributed by atoms with Gasteiger partial charge in [0.1, 0.15) is 29.1 Å². The monoisotopic (exact) mass is 468 g/mol. The van der Waals surface area contributed by atoms with Crippen molar-refractivity contribution in [2.45, 2.75) is 26.1 Å². The number of aromatic nitrogens is 2. The summed E-state index contributed by atoms with van der Waals surface area (Å²) in [6, 6.07) is 3.27. The number of carbonyl (C=O) groups is 1. The summed E-state index contributed by atoms with van der Waals surface area (Å²) in [5.74, 6) is -3.75. The highest BCUT2D eigenvalue weighted by atomic mass is 19.4. The van der Waals surface area contributed by atoms with Gasteiger partial charge in [0.15, 0.2) is 5.65 Å². The molecule has 33 heavy (non-hydrogen) atoms. The van der Waals surface area contributed by atoms with Crippen molar-refractivity contribution in [3.05, 3.63) is 63.9 Å². The van der Waals surface area contributed by atoms with Crippen LogP contribution < -0.4 is 15.6 Å². The Kier molecular flexibility index (Phi) is 6.44. The molecule has 0 aliphatic rings. The first kappa shape index (κ1) is 24.1. The number of rotatable bonds is 5. The van der Waals surface area contributed by atoms with E-state index in [1.807, 2.05) is 5.32 Å². The number of benzene rings is 1. The number of halogens is 5.